The van der Waals surface area contributed by atoms with Crippen molar-refractivity contribution >= 4 is 45.3 Å². The average Bonchev–Trinajstić information content (AvgIpc) is 3.31. The van der Waals surface area contributed by atoms with Crippen LogP contribution in [0.2, 0.25) is 0 Å². The number of nitrogens with zero attached hydrogens (tertiary/aromatic N) is 6. The lowest BCUT2D eigenvalue weighted by atomic mass is 10.2. The molecule has 0 aliphatic carbocycles. The Labute approximate surface area is 213 Å². The van der Waals surface area contributed by atoms with Gasteiger partial charge in [-0.1, -0.05) is 23.5 Å². The molecule has 1 atom stereocenters. The fraction of sp³-hybridized carbons (Fsp3) is 0.263. The number of carboxylic acids is 1. The molecule has 2 heterocycles. The number of carbonyl (C=O) groups is 2. The molecule has 3 rings (SSSR count). The molecule has 0 fully saturated rings. The number of aromatic nitrogens is 4. The molecule has 0 radical (unpaired) electrons. The van der Waals surface area contributed by atoms with E-state index in [1.807, 2.05) is 4.98 Å². The molecule has 3 N–H and O–H groups in total. The van der Waals surface area contributed by atoms with E-state index >= 15 is 0 Å². The molecule has 0 spiro atoms. The molecule has 0 aliphatic heterocycles. The number of benzene rings is 1. The molecule has 1 aromatic carbocycles. The van der Waals surface area contributed by atoms with Crippen LogP contribution in [0, 0.1) is 17.0 Å². The van der Waals surface area contributed by atoms with E-state index in [1.54, 1.807) is 6.07 Å². The lowest BCUT2D eigenvalue weighted by molar-refractivity contribution is -0.384. The molecular weight excluding hydrogens is 534 g/mol. The van der Waals surface area contributed by atoms with Crippen molar-refractivity contribution < 1.29 is 28.4 Å². The molecule has 0 saturated heterocycles. The van der Waals surface area contributed by atoms with Crippen LogP contribution >= 0.6 is 11.3 Å². The molecule has 2 aromatic heterocycles. The minimum absolute atomic E-state index is 0.101. The summed E-state index contributed by atoms with van der Waals surface area (Å²) < 4.78 is 23.5. The highest BCUT2D eigenvalue weighted by atomic mass is 32.2. The number of nitro groups is 1. The van der Waals surface area contributed by atoms with Crippen LogP contribution in [0.1, 0.15) is 5.56 Å². The van der Waals surface area contributed by atoms with Gasteiger partial charge in [-0.15, -0.1) is 10.2 Å². The summed E-state index contributed by atoms with van der Waals surface area (Å²) in [5, 5.41) is 28.2. The monoisotopic (exact) mass is 553 g/mol. The molecule has 37 heavy (non-hydrogen) atoms. The van der Waals surface area contributed by atoms with E-state index < -0.39 is 52.4 Å². The summed E-state index contributed by atoms with van der Waals surface area (Å²) in [5.74, 6) is -2.18. The summed E-state index contributed by atoms with van der Waals surface area (Å²) in [7, 11) is 0. The number of hydrogen-bond acceptors (Lipinski definition) is 10. The number of aromatic amines is 1. The zero-order chi connectivity index (χ0) is 27.3. The normalized spacial score (nSPS) is 11.6. The quantitative estimate of drug-likeness (QED) is 0.161. The average molecular weight is 554 g/mol. The summed E-state index contributed by atoms with van der Waals surface area (Å²) >= 11 is -1.89. The van der Waals surface area contributed by atoms with Crippen molar-refractivity contribution in [2.24, 2.45) is 0 Å². The number of aliphatic carboxylic acids is 1. The van der Waals surface area contributed by atoms with Crippen LogP contribution < -0.4 is 15.6 Å². The molecule has 0 bridgehead atoms. The number of carboxylic acid groups (broad SMARTS) is 1. The Bertz CT molecular complexity index is 1480. The van der Waals surface area contributed by atoms with Gasteiger partial charge in [-0.25, -0.2) is 13.3 Å². The standard InChI is InChI=1S/C19H19N7O9S2/c1-11-8-24(18(31)20-16(11)30)9-14(27)23(10-15(28)29)6-7-25(37(34)35)19-22-21-17(36-19)12-4-2-3-5-13(12)26(32)33/h2-5,8H,6-7,9-10H2,1H3,(H,28,29)(H,34,35)(H,20,30,31). The molecule has 1 amide bonds. The highest BCUT2D eigenvalue weighted by Crippen LogP contribution is 2.34. The summed E-state index contributed by atoms with van der Waals surface area (Å²) in [6.45, 7) is -0.683. The van der Waals surface area contributed by atoms with Gasteiger partial charge < -0.3 is 10.0 Å². The van der Waals surface area contributed by atoms with Gasteiger partial charge in [-0.3, -0.25) is 38.6 Å². The van der Waals surface area contributed by atoms with E-state index in [-0.39, 0.29) is 40.0 Å². The second-order valence-electron chi connectivity index (χ2n) is 7.41. The summed E-state index contributed by atoms with van der Waals surface area (Å²) in [5.41, 5.74) is -1.44. The van der Waals surface area contributed by atoms with Crippen LogP contribution in [0.4, 0.5) is 10.8 Å². The highest BCUT2D eigenvalue weighted by Gasteiger charge is 2.25. The van der Waals surface area contributed by atoms with Gasteiger partial charge in [-0.05, 0) is 13.0 Å². The van der Waals surface area contributed by atoms with Gasteiger partial charge in [-0.2, -0.15) is 0 Å². The number of nitro benzene ring substituents is 1. The van der Waals surface area contributed by atoms with Crippen molar-refractivity contribution in [2.45, 2.75) is 13.5 Å². The van der Waals surface area contributed by atoms with Crippen molar-refractivity contribution in [3.8, 4) is 10.6 Å². The van der Waals surface area contributed by atoms with Crippen molar-refractivity contribution in [2.75, 3.05) is 23.9 Å². The predicted molar refractivity (Wildman–Crippen MR) is 130 cm³/mol. The molecule has 196 valence electrons. The van der Waals surface area contributed by atoms with Crippen LogP contribution in [0.15, 0.2) is 40.1 Å². The van der Waals surface area contributed by atoms with Crippen LogP contribution in [-0.2, 0) is 27.4 Å². The largest absolute Gasteiger partial charge is 0.480 e. The number of anilines is 1. The van der Waals surface area contributed by atoms with E-state index in [0.717, 1.165) is 31.3 Å². The number of amides is 1. The van der Waals surface area contributed by atoms with Gasteiger partial charge >= 0.3 is 11.7 Å². The second kappa shape index (κ2) is 11.6. The van der Waals surface area contributed by atoms with Crippen molar-refractivity contribution in [3.63, 3.8) is 0 Å². The fourth-order valence-electron chi connectivity index (χ4n) is 3.13. The van der Waals surface area contributed by atoms with E-state index in [4.69, 9.17) is 0 Å². The first-order chi connectivity index (χ1) is 17.5. The third kappa shape index (κ3) is 6.68. The Hall–Kier alpha value is -4.29. The van der Waals surface area contributed by atoms with Gasteiger partial charge in [0.1, 0.15) is 13.1 Å². The lowest BCUT2D eigenvalue weighted by Gasteiger charge is -2.24. The van der Waals surface area contributed by atoms with Crippen molar-refractivity contribution in [1.29, 1.82) is 0 Å². The SMILES string of the molecule is Cc1cn(CC(=O)N(CCN(c2nnc(-c3ccccc3[N+](=O)[O-])s2)S(=O)O)CC(=O)O)c(=O)[nH]c1=O. The first kappa shape index (κ1) is 27.3. The number of carbonyl (C=O) groups excluding carboxylic acids is 1. The molecule has 18 heteroatoms. The first-order valence-corrected chi connectivity index (χ1v) is 12.1. The Morgan fingerprint density at radius 1 is 1.24 bits per heavy atom. The van der Waals surface area contributed by atoms with Crippen molar-refractivity contribution in [1.82, 2.24) is 24.6 Å². The number of H-pyrrole nitrogens is 1. The van der Waals surface area contributed by atoms with Crippen LogP contribution in [0.5, 0.6) is 0 Å². The van der Waals surface area contributed by atoms with Gasteiger partial charge in [0.05, 0.1) is 17.0 Å². The third-order valence-electron chi connectivity index (χ3n) is 4.89. The van der Waals surface area contributed by atoms with Crippen LogP contribution in [0.3, 0.4) is 0 Å². The third-order valence-corrected chi connectivity index (χ3v) is 6.72. The number of nitrogens with one attached hydrogen (secondary N) is 1. The van der Waals surface area contributed by atoms with Gasteiger partial charge in [0.15, 0.2) is 5.01 Å². The Balaban J connectivity index is 1.81. The minimum Gasteiger partial charge on any atom is -0.480 e. The van der Waals surface area contributed by atoms with E-state index in [2.05, 4.69) is 10.2 Å². The van der Waals surface area contributed by atoms with E-state index in [0.29, 0.717) is 0 Å². The maximum Gasteiger partial charge on any atom is 0.328 e. The Kier molecular flexibility index (Phi) is 8.58. The van der Waals surface area contributed by atoms with Crippen LogP contribution in [-0.4, -0.2) is 75.0 Å². The summed E-state index contributed by atoms with van der Waals surface area (Å²) in [6.07, 6.45) is 1.15. The smallest absolute Gasteiger partial charge is 0.328 e. The highest BCUT2D eigenvalue weighted by molar-refractivity contribution is 7.81. The number of aryl methyl sites for hydroxylation is 1. The van der Waals surface area contributed by atoms with Gasteiger partial charge in [0.25, 0.3) is 22.5 Å². The maximum absolute atomic E-state index is 12.8. The number of rotatable bonds is 11. The zero-order valence-electron chi connectivity index (χ0n) is 19.0. The summed E-state index contributed by atoms with van der Waals surface area (Å²) in [6, 6.07) is 5.73. The molecule has 16 nitrogen and oxygen atoms in total. The van der Waals surface area contributed by atoms with Gasteiger partial charge in [0, 0.05) is 24.4 Å². The zero-order valence-corrected chi connectivity index (χ0v) is 20.6. The molecular formula is C19H19N7O9S2. The second-order valence-corrected chi connectivity index (χ2v) is 9.26. The summed E-state index contributed by atoms with van der Waals surface area (Å²) in [4.78, 5) is 61.2. The minimum atomic E-state index is -2.67. The molecule has 1 unspecified atom stereocenters. The molecule has 3 aromatic rings. The van der Waals surface area contributed by atoms with Gasteiger partial charge in [0.2, 0.25) is 11.0 Å². The Morgan fingerprint density at radius 3 is 2.59 bits per heavy atom. The predicted octanol–water partition coefficient (Wildman–Crippen LogP) is -0.172. The maximum atomic E-state index is 12.8. The molecule has 0 saturated carbocycles. The van der Waals surface area contributed by atoms with Crippen molar-refractivity contribution in [3.05, 3.63) is 67.0 Å². The molecule has 0 aliphatic rings. The lowest BCUT2D eigenvalue weighted by Crippen LogP contribution is -2.44. The van der Waals surface area contributed by atoms with Crippen LogP contribution in [0.25, 0.3) is 10.6 Å². The Morgan fingerprint density at radius 2 is 1.95 bits per heavy atom. The first-order valence-electron chi connectivity index (χ1n) is 10.2. The topological polar surface area (TPSA) is 222 Å². The number of para-hydroxylation sites is 1. The van der Waals surface area contributed by atoms with E-state index in [1.165, 1.54) is 25.1 Å². The number of hydrogen-bond donors (Lipinski definition) is 3. The van der Waals surface area contributed by atoms with E-state index in [9.17, 15) is 43.2 Å². The fourth-order valence-corrected chi connectivity index (χ4v) is 4.65.